The van der Waals surface area contributed by atoms with Gasteiger partial charge in [0.15, 0.2) is 29.7 Å². The Morgan fingerprint density at radius 2 is 1.75 bits per heavy atom. The second kappa shape index (κ2) is 8.19. The molecule has 0 aliphatic rings. The van der Waals surface area contributed by atoms with Gasteiger partial charge in [0.25, 0.3) is 5.91 Å². The lowest BCUT2D eigenvalue weighted by molar-refractivity contribution is -0.123. The summed E-state index contributed by atoms with van der Waals surface area (Å²) < 4.78 is 29.1. The molecule has 128 valence electrons. The first kappa shape index (κ1) is 17.6. The standard InChI is InChI=1S/C18H20FNO4/c1-12-8-16(22-2)17(23-3)9-13(12)10-20-18(21)11-24-15-7-5-4-6-14(15)19/h4-9H,10-11H2,1-3H3,(H,20,21). The molecule has 0 heterocycles. The molecule has 0 aliphatic carbocycles. The van der Waals surface area contributed by atoms with Gasteiger partial charge >= 0.3 is 0 Å². The second-order valence-corrected chi connectivity index (χ2v) is 5.13. The lowest BCUT2D eigenvalue weighted by Crippen LogP contribution is -2.28. The van der Waals surface area contributed by atoms with Gasteiger partial charge in [-0.2, -0.15) is 0 Å². The molecular weight excluding hydrogens is 313 g/mol. The molecule has 0 aliphatic heterocycles. The Labute approximate surface area is 140 Å². The van der Waals surface area contributed by atoms with Crippen LogP contribution in [0.3, 0.4) is 0 Å². The van der Waals surface area contributed by atoms with Crippen molar-refractivity contribution >= 4 is 5.91 Å². The van der Waals surface area contributed by atoms with Gasteiger partial charge in [-0.25, -0.2) is 4.39 Å². The van der Waals surface area contributed by atoms with E-state index in [1.54, 1.807) is 26.4 Å². The van der Waals surface area contributed by atoms with Crippen molar-refractivity contribution in [2.45, 2.75) is 13.5 Å². The lowest BCUT2D eigenvalue weighted by Gasteiger charge is -2.13. The van der Waals surface area contributed by atoms with E-state index in [0.717, 1.165) is 11.1 Å². The number of rotatable bonds is 7. The van der Waals surface area contributed by atoms with Crippen LogP contribution in [0.25, 0.3) is 0 Å². The first-order chi connectivity index (χ1) is 11.5. The number of hydrogen-bond acceptors (Lipinski definition) is 4. The van der Waals surface area contributed by atoms with Gasteiger partial charge in [0.1, 0.15) is 0 Å². The molecule has 0 saturated heterocycles. The fourth-order valence-electron chi connectivity index (χ4n) is 2.16. The van der Waals surface area contributed by atoms with Crippen LogP contribution >= 0.6 is 0 Å². The first-order valence-electron chi connectivity index (χ1n) is 7.40. The van der Waals surface area contributed by atoms with Crippen LogP contribution in [0.2, 0.25) is 0 Å². The number of hydrogen-bond donors (Lipinski definition) is 1. The van der Waals surface area contributed by atoms with Crippen molar-refractivity contribution in [3.63, 3.8) is 0 Å². The number of ether oxygens (including phenoxy) is 3. The van der Waals surface area contributed by atoms with Gasteiger partial charge in [-0.05, 0) is 42.3 Å². The fraction of sp³-hybridized carbons (Fsp3) is 0.278. The Kier molecular flexibility index (Phi) is 6.01. The zero-order valence-corrected chi connectivity index (χ0v) is 13.9. The molecule has 2 aromatic rings. The van der Waals surface area contributed by atoms with E-state index >= 15 is 0 Å². The predicted octanol–water partition coefficient (Wildman–Crippen LogP) is 2.85. The summed E-state index contributed by atoms with van der Waals surface area (Å²) in [5.41, 5.74) is 1.86. The minimum atomic E-state index is -0.499. The molecule has 1 amide bonds. The van der Waals surface area contributed by atoms with Crippen molar-refractivity contribution in [1.82, 2.24) is 5.32 Å². The number of amides is 1. The maximum Gasteiger partial charge on any atom is 0.258 e. The largest absolute Gasteiger partial charge is 0.493 e. The molecule has 0 radical (unpaired) electrons. The van der Waals surface area contributed by atoms with Crippen molar-refractivity contribution in [3.05, 3.63) is 53.3 Å². The maximum absolute atomic E-state index is 13.4. The van der Waals surface area contributed by atoms with E-state index in [1.165, 1.54) is 12.1 Å². The van der Waals surface area contributed by atoms with Crippen LogP contribution in [0.4, 0.5) is 4.39 Å². The second-order valence-electron chi connectivity index (χ2n) is 5.13. The molecule has 0 fully saturated rings. The topological polar surface area (TPSA) is 56.8 Å². The minimum absolute atomic E-state index is 0.0509. The molecule has 1 N–H and O–H groups in total. The molecule has 2 aromatic carbocycles. The van der Waals surface area contributed by atoms with E-state index in [4.69, 9.17) is 14.2 Å². The zero-order valence-electron chi connectivity index (χ0n) is 13.9. The van der Waals surface area contributed by atoms with Gasteiger partial charge in [0.2, 0.25) is 0 Å². The number of nitrogens with one attached hydrogen (secondary N) is 1. The van der Waals surface area contributed by atoms with Crippen molar-refractivity contribution in [1.29, 1.82) is 0 Å². The summed E-state index contributed by atoms with van der Waals surface area (Å²) in [4.78, 5) is 11.9. The smallest absolute Gasteiger partial charge is 0.258 e. The number of para-hydroxylation sites is 1. The molecule has 0 saturated carbocycles. The van der Waals surface area contributed by atoms with Crippen LogP contribution in [0.15, 0.2) is 36.4 Å². The number of methoxy groups -OCH3 is 2. The minimum Gasteiger partial charge on any atom is -0.493 e. The summed E-state index contributed by atoms with van der Waals surface area (Å²) in [6, 6.07) is 9.61. The summed E-state index contributed by atoms with van der Waals surface area (Å²) in [7, 11) is 3.12. The van der Waals surface area contributed by atoms with E-state index in [0.29, 0.717) is 18.0 Å². The van der Waals surface area contributed by atoms with E-state index in [2.05, 4.69) is 5.32 Å². The number of halogens is 1. The lowest BCUT2D eigenvalue weighted by atomic mass is 10.1. The summed E-state index contributed by atoms with van der Waals surface area (Å²) >= 11 is 0. The maximum atomic E-state index is 13.4. The van der Waals surface area contributed by atoms with E-state index in [9.17, 15) is 9.18 Å². The van der Waals surface area contributed by atoms with Crippen LogP contribution in [0, 0.1) is 12.7 Å². The third-order valence-corrected chi connectivity index (χ3v) is 3.51. The van der Waals surface area contributed by atoms with E-state index in [1.807, 2.05) is 19.1 Å². The molecule has 0 spiro atoms. The van der Waals surface area contributed by atoms with Gasteiger partial charge in [-0.1, -0.05) is 12.1 Å². The highest BCUT2D eigenvalue weighted by molar-refractivity contribution is 5.77. The average Bonchev–Trinajstić information content (AvgIpc) is 2.59. The molecule has 6 heteroatoms. The highest BCUT2D eigenvalue weighted by Gasteiger charge is 2.10. The number of carbonyl (C=O) groups is 1. The van der Waals surface area contributed by atoms with Crippen LogP contribution < -0.4 is 19.5 Å². The fourth-order valence-corrected chi connectivity index (χ4v) is 2.16. The van der Waals surface area contributed by atoms with Crippen LogP contribution in [-0.4, -0.2) is 26.7 Å². The monoisotopic (exact) mass is 333 g/mol. The Bertz CT molecular complexity index is 718. The summed E-state index contributed by atoms with van der Waals surface area (Å²) in [5.74, 6) is 0.436. The van der Waals surface area contributed by atoms with Gasteiger partial charge < -0.3 is 19.5 Å². The average molecular weight is 333 g/mol. The number of carbonyl (C=O) groups excluding carboxylic acids is 1. The third-order valence-electron chi connectivity index (χ3n) is 3.51. The zero-order chi connectivity index (χ0) is 17.5. The van der Waals surface area contributed by atoms with E-state index in [-0.39, 0.29) is 18.3 Å². The van der Waals surface area contributed by atoms with Gasteiger partial charge in [0.05, 0.1) is 14.2 Å². The van der Waals surface area contributed by atoms with Crippen LogP contribution in [-0.2, 0) is 11.3 Å². The summed E-state index contributed by atoms with van der Waals surface area (Å²) in [6.45, 7) is 1.97. The molecule has 0 atom stereocenters. The van der Waals surface area contributed by atoms with Crippen molar-refractivity contribution in [2.24, 2.45) is 0 Å². The van der Waals surface area contributed by atoms with Gasteiger partial charge in [0, 0.05) is 6.54 Å². The van der Waals surface area contributed by atoms with Crippen molar-refractivity contribution in [2.75, 3.05) is 20.8 Å². The summed E-state index contributed by atoms with van der Waals surface area (Å²) in [6.07, 6.45) is 0. The Hall–Kier alpha value is -2.76. The highest BCUT2D eigenvalue weighted by atomic mass is 19.1. The molecular formula is C18H20FNO4. The molecule has 2 rings (SSSR count). The van der Waals surface area contributed by atoms with Crippen LogP contribution in [0.1, 0.15) is 11.1 Å². The molecule has 0 unspecified atom stereocenters. The normalized spacial score (nSPS) is 10.2. The van der Waals surface area contributed by atoms with Crippen molar-refractivity contribution < 1.29 is 23.4 Å². The molecule has 24 heavy (non-hydrogen) atoms. The molecule has 5 nitrogen and oxygen atoms in total. The summed E-state index contributed by atoms with van der Waals surface area (Å²) in [5, 5.41) is 2.74. The third kappa shape index (κ3) is 4.38. The first-order valence-corrected chi connectivity index (χ1v) is 7.40. The van der Waals surface area contributed by atoms with E-state index < -0.39 is 5.82 Å². The quantitative estimate of drug-likeness (QED) is 0.846. The Balaban J connectivity index is 1.93. The predicted molar refractivity (Wildman–Crippen MR) is 88.0 cm³/mol. The SMILES string of the molecule is COc1cc(C)c(CNC(=O)COc2ccccc2F)cc1OC. The Morgan fingerprint density at radius 3 is 2.42 bits per heavy atom. The van der Waals surface area contributed by atoms with Crippen molar-refractivity contribution in [3.8, 4) is 17.2 Å². The molecule has 0 aromatic heterocycles. The Morgan fingerprint density at radius 1 is 1.08 bits per heavy atom. The molecule has 0 bridgehead atoms. The number of aryl methyl sites for hydroxylation is 1. The van der Waals surface area contributed by atoms with Gasteiger partial charge in [-0.3, -0.25) is 4.79 Å². The van der Waals surface area contributed by atoms with Gasteiger partial charge in [-0.15, -0.1) is 0 Å². The number of benzene rings is 2. The van der Waals surface area contributed by atoms with Crippen LogP contribution in [0.5, 0.6) is 17.2 Å². The highest BCUT2D eigenvalue weighted by Crippen LogP contribution is 2.30.